The summed E-state index contributed by atoms with van der Waals surface area (Å²) >= 11 is 0. The molecule has 2 unspecified atom stereocenters. The van der Waals surface area contributed by atoms with E-state index >= 15 is 0 Å². The lowest BCUT2D eigenvalue weighted by Gasteiger charge is -2.35. The summed E-state index contributed by atoms with van der Waals surface area (Å²) in [5, 5.41) is 3.02. The van der Waals surface area contributed by atoms with Crippen LogP contribution in [0, 0.1) is 5.92 Å². The smallest absolute Gasteiger partial charge is 0.248 e. The zero-order valence-corrected chi connectivity index (χ0v) is 12.8. The number of nitrogens with one attached hydrogen (secondary N) is 1. The quantitative estimate of drug-likeness (QED) is 0.834. The number of amides is 2. The highest BCUT2D eigenvalue weighted by atomic mass is 16.2. The maximum Gasteiger partial charge on any atom is 0.248 e. The van der Waals surface area contributed by atoms with Crippen LogP contribution in [-0.4, -0.2) is 58.9 Å². The topological polar surface area (TPSA) is 52.7 Å². The lowest BCUT2D eigenvalue weighted by Crippen LogP contribution is -2.58. The molecule has 0 spiro atoms. The van der Waals surface area contributed by atoms with Gasteiger partial charge in [-0.05, 0) is 44.9 Å². The van der Waals surface area contributed by atoms with Crippen LogP contribution in [-0.2, 0) is 9.59 Å². The third-order valence-corrected chi connectivity index (χ3v) is 5.78. The van der Waals surface area contributed by atoms with Gasteiger partial charge in [-0.3, -0.25) is 14.5 Å². The second-order valence-electron chi connectivity index (χ2n) is 7.44. The second kappa shape index (κ2) is 4.70. The Morgan fingerprint density at radius 2 is 1.81 bits per heavy atom. The first-order valence-corrected chi connectivity index (χ1v) is 8.44. The van der Waals surface area contributed by atoms with Crippen molar-refractivity contribution in [1.29, 1.82) is 0 Å². The molecule has 0 bridgehead atoms. The molecule has 4 rings (SSSR count). The number of hydrogen-bond acceptors (Lipinski definition) is 3. The van der Waals surface area contributed by atoms with E-state index in [-0.39, 0.29) is 11.8 Å². The standard InChI is InChI=1S/C16H25N3O2/c1-16(11-2-3-11)15(21)19(9-7-14(20)17-16)13-6-8-18(10-13)12-4-5-12/h11-13H,2-10H2,1H3,(H,17,20). The number of nitrogens with zero attached hydrogens (tertiary/aromatic N) is 2. The Labute approximate surface area is 126 Å². The van der Waals surface area contributed by atoms with Crippen molar-refractivity contribution in [2.45, 2.75) is 63.1 Å². The molecule has 1 N–H and O–H groups in total. The number of rotatable bonds is 3. The average Bonchev–Trinajstić information content (AvgIpc) is 3.35. The van der Waals surface area contributed by atoms with E-state index in [4.69, 9.17) is 0 Å². The van der Waals surface area contributed by atoms with Crippen molar-refractivity contribution in [2.75, 3.05) is 19.6 Å². The van der Waals surface area contributed by atoms with Crippen LogP contribution >= 0.6 is 0 Å². The molecule has 0 aromatic heterocycles. The first-order valence-electron chi connectivity index (χ1n) is 8.44. The van der Waals surface area contributed by atoms with E-state index in [1.807, 2.05) is 11.8 Å². The lowest BCUT2D eigenvalue weighted by molar-refractivity contribution is -0.140. The second-order valence-corrected chi connectivity index (χ2v) is 7.44. The van der Waals surface area contributed by atoms with Crippen LogP contribution in [0.25, 0.3) is 0 Å². The monoisotopic (exact) mass is 291 g/mol. The van der Waals surface area contributed by atoms with Crippen molar-refractivity contribution >= 4 is 11.8 Å². The van der Waals surface area contributed by atoms with Gasteiger partial charge in [0.25, 0.3) is 0 Å². The van der Waals surface area contributed by atoms with E-state index in [2.05, 4.69) is 10.2 Å². The molecule has 0 radical (unpaired) electrons. The Kier molecular flexibility index (Phi) is 3.03. The normalized spacial score (nSPS) is 38.5. The van der Waals surface area contributed by atoms with Crippen molar-refractivity contribution < 1.29 is 9.59 Å². The Morgan fingerprint density at radius 1 is 1.05 bits per heavy atom. The van der Waals surface area contributed by atoms with E-state index in [1.54, 1.807) is 0 Å². The molecule has 2 amide bonds. The largest absolute Gasteiger partial charge is 0.342 e. The van der Waals surface area contributed by atoms with Gasteiger partial charge in [0, 0.05) is 38.1 Å². The minimum absolute atomic E-state index is 0.0392. The number of hydrogen-bond donors (Lipinski definition) is 1. The molecular weight excluding hydrogens is 266 g/mol. The molecule has 2 saturated heterocycles. The molecule has 116 valence electrons. The third-order valence-electron chi connectivity index (χ3n) is 5.78. The van der Waals surface area contributed by atoms with Crippen LogP contribution < -0.4 is 5.32 Å². The molecule has 2 aliphatic heterocycles. The summed E-state index contributed by atoms with van der Waals surface area (Å²) in [6.07, 6.45) is 6.29. The summed E-state index contributed by atoms with van der Waals surface area (Å²) in [4.78, 5) is 29.6. The fraction of sp³-hybridized carbons (Fsp3) is 0.875. The minimum Gasteiger partial charge on any atom is -0.342 e. The molecular formula is C16H25N3O2. The molecule has 4 aliphatic rings. The summed E-state index contributed by atoms with van der Waals surface area (Å²) in [7, 11) is 0. The molecule has 5 heteroatoms. The van der Waals surface area contributed by atoms with Gasteiger partial charge in [0.15, 0.2) is 0 Å². The Hall–Kier alpha value is -1.10. The van der Waals surface area contributed by atoms with Crippen LogP contribution in [0.4, 0.5) is 0 Å². The first-order chi connectivity index (χ1) is 10.1. The van der Waals surface area contributed by atoms with Gasteiger partial charge in [0.2, 0.25) is 11.8 Å². The molecule has 2 aliphatic carbocycles. The van der Waals surface area contributed by atoms with Gasteiger partial charge >= 0.3 is 0 Å². The minimum atomic E-state index is -0.652. The van der Waals surface area contributed by atoms with E-state index in [0.717, 1.165) is 38.4 Å². The summed E-state index contributed by atoms with van der Waals surface area (Å²) in [6, 6.07) is 1.08. The summed E-state index contributed by atoms with van der Waals surface area (Å²) < 4.78 is 0. The van der Waals surface area contributed by atoms with Gasteiger partial charge in [-0.15, -0.1) is 0 Å². The molecule has 21 heavy (non-hydrogen) atoms. The number of carbonyl (C=O) groups excluding carboxylic acids is 2. The fourth-order valence-corrected chi connectivity index (χ4v) is 4.11. The van der Waals surface area contributed by atoms with Gasteiger partial charge in [-0.1, -0.05) is 0 Å². The SMILES string of the molecule is CC1(C2CC2)NC(=O)CCN(C2CCN(C3CC3)C2)C1=O. The van der Waals surface area contributed by atoms with Crippen LogP contribution in [0.15, 0.2) is 0 Å². The molecule has 4 fully saturated rings. The Bertz CT molecular complexity index is 472. The molecule has 2 saturated carbocycles. The summed E-state index contributed by atoms with van der Waals surface area (Å²) in [5.41, 5.74) is -0.652. The number of likely N-dealkylation sites (tertiary alicyclic amines) is 1. The van der Waals surface area contributed by atoms with Crippen LogP contribution in [0.2, 0.25) is 0 Å². The van der Waals surface area contributed by atoms with Crippen LogP contribution in [0.5, 0.6) is 0 Å². The lowest BCUT2D eigenvalue weighted by atomic mass is 9.93. The van der Waals surface area contributed by atoms with Crippen molar-refractivity contribution in [3.63, 3.8) is 0 Å². The highest BCUT2D eigenvalue weighted by molar-refractivity contribution is 5.94. The highest BCUT2D eigenvalue weighted by Gasteiger charge is 2.52. The average molecular weight is 291 g/mol. The van der Waals surface area contributed by atoms with Gasteiger partial charge in [-0.25, -0.2) is 0 Å². The van der Waals surface area contributed by atoms with Gasteiger partial charge in [-0.2, -0.15) is 0 Å². The predicted octanol–water partition coefficient (Wildman–Crippen LogP) is 0.740. The van der Waals surface area contributed by atoms with Gasteiger partial charge in [0.05, 0.1) is 0 Å². The van der Waals surface area contributed by atoms with Gasteiger partial charge in [0.1, 0.15) is 5.54 Å². The van der Waals surface area contributed by atoms with Crippen LogP contribution in [0.3, 0.4) is 0 Å². The van der Waals surface area contributed by atoms with Crippen molar-refractivity contribution in [2.24, 2.45) is 5.92 Å². The molecule has 5 nitrogen and oxygen atoms in total. The predicted molar refractivity (Wildman–Crippen MR) is 78.6 cm³/mol. The van der Waals surface area contributed by atoms with Crippen molar-refractivity contribution in [3.8, 4) is 0 Å². The molecule has 0 aromatic carbocycles. The van der Waals surface area contributed by atoms with Crippen LogP contribution in [0.1, 0.15) is 45.4 Å². The maximum atomic E-state index is 13.1. The third kappa shape index (κ3) is 2.35. The van der Waals surface area contributed by atoms with Crippen molar-refractivity contribution in [3.05, 3.63) is 0 Å². The molecule has 0 aromatic rings. The zero-order chi connectivity index (χ0) is 14.6. The maximum absolute atomic E-state index is 13.1. The van der Waals surface area contributed by atoms with E-state index in [0.29, 0.717) is 24.9 Å². The molecule has 2 atom stereocenters. The van der Waals surface area contributed by atoms with E-state index in [9.17, 15) is 9.59 Å². The van der Waals surface area contributed by atoms with E-state index in [1.165, 1.54) is 12.8 Å². The zero-order valence-electron chi connectivity index (χ0n) is 12.8. The summed E-state index contributed by atoms with van der Waals surface area (Å²) in [5.74, 6) is 0.547. The summed E-state index contributed by atoms with van der Waals surface area (Å²) in [6.45, 7) is 4.65. The Balaban J connectivity index is 1.53. The van der Waals surface area contributed by atoms with E-state index < -0.39 is 5.54 Å². The van der Waals surface area contributed by atoms with Gasteiger partial charge < -0.3 is 10.2 Å². The Morgan fingerprint density at radius 3 is 2.48 bits per heavy atom. The first kappa shape index (κ1) is 13.6. The fourth-order valence-electron chi connectivity index (χ4n) is 4.11. The molecule has 2 heterocycles. The number of carbonyl (C=O) groups is 2. The van der Waals surface area contributed by atoms with Crippen molar-refractivity contribution in [1.82, 2.24) is 15.1 Å². The highest BCUT2D eigenvalue weighted by Crippen LogP contribution is 2.42.